The minimum Gasteiger partial charge on any atom is -0.454 e. The zero-order valence-electron chi connectivity index (χ0n) is 14.1. The third-order valence-electron chi connectivity index (χ3n) is 3.94. The average Bonchev–Trinajstić information content (AvgIpc) is 3.16. The number of aromatic nitrogens is 1. The first-order valence-corrected chi connectivity index (χ1v) is 8.09. The molecule has 3 aromatic rings. The summed E-state index contributed by atoms with van der Waals surface area (Å²) in [6.07, 6.45) is 1.33. The number of nitrogens with zero attached hydrogens (tertiary/aromatic N) is 1. The topological polar surface area (TPSA) is 72.5 Å². The van der Waals surface area contributed by atoms with E-state index in [2.05, 4.69) is 15.6 Å². The van der Waals surface area contributed by atoms with Crippen molar-refractivity contribution in [3.05, 3.63) is 71.8 Å². The van der Waals surface area contributed by atoms with Gasteiger partial charge in [-0.3, -0.25) is 9.78 Å². The molecule has 0 spiro atoms. The van der Waals surface area contributed by atoms with Gasteiger partial charge in [0.2, 0.25) is 6.79 Å². The molecule has 0 bridgehead atoms. The van der Waals surface area contributed by atoms with E-state index in [0.29, 0.717) is 17.2 Å². The molecule has 1 aliphatic heterocycles. The van der Waals surface area contributed by atoms with Crippen LogP contribution < -0.4 is 20.1 Å². The molecule has 0 saturated carbocycles. The Morgan fingerprint density at radius 2 is 1.75 bits per heavy atom. The van der Waals surface area contributed by atoms with Crippen LogP contribution in [0.15, 0.2) is 48.7 Å². The fourth-order valence-electron chi connectivity index (χ4n) is 2.58. The second-order valence-corrected chi connectivity index (χ2v) is 5.80. The molecule has 0 atom stereocenters. The molecule has 1 aromatic heterocycles. The lowest BCUT2D eigenvalue weighted by Crippen LogP contribution is -2.13. The van der Waals surface area contributed by atoms with Crippen molar-refractivity contribution in [3.8, 4) is 11.5 Å². The molecular formula is C19H12F3N3O3. The molecular weight excluding hydrogens is 375 g/mol. The van der Waals surface area contributed by atoms with Gasteiger partial charge in [-0.2, -0.15) is 0 Å². The van der Waals surface area contributed by atoms with Crippen LogP contribution in [-0.2, 0) is 0 Å². The number of halogens is 3. The van der Waals surface area contributed by atoms with Crippen LogP contribution in [0, 0.1) is 17.5 Å². The summed E-state index contributed by atoms with van der Waals surface area (Å²) in [4.78, 5) is 16.4. The quantitative estimate of drug-likeness (QED) is 0.656. The van der Waals surface area contributed by atoms with Gasteiger partial charge in [0.15, 0.2) is 29.0 Å². The van der Waals surface area contributed by atoms with Crippen molar-refractivity contribution in [2.75, 3.05) is 17.4 Å². The summed E-state index contributed by atoms with van der Waals surface area (Å²) in [5, 5.41) is 5.25. The van der Waals surface area contributed by atoms with Gasteiger partial charge in [-0.05, 0) is 36.4 Å². The average molecular weight is 387 g/mol. The van der Waals surface area contributed by atoms with Crippen molar-refractivity contribution < 1.29 is 27.4 Å². The highest BCUT2D eigenvalue weighted by Gasteiger charge is 2.16. The van der Waals surface area contributed by atoms with Crippen LogP contribution >= 0.6 is 0 Å². The maximum atomic E-state index is 13.8. The molecule has 0 unspecified atom stereocenters. The maximum absolute atomic E-state index is 13.8. The van der Waals surface area contributed by atoms with Crippen molar-refractivity contribution in [1.82, 2.24) is 4.98 Å². The van der Waals surface area contributed by atoms with E-state index in [1.807, 2.05) is 0 Å². The van der Waals surface area contributed by atoms with Gasteiger partial charge >= 0.3 is 0 Å². The van der Waals surface area contributed by atoms with Crippen molar-refractivity contribution in [2.45, 2.75) is 0 Å². The number of fused-ring (bicyclic) bond motifs is 1. The van der Waals surface area contributed by atoms with E-state index in [1.54, 1.807) is 18.2 Å². The number of nitrogens with one attached hydrogen (secondary N) is 2. The van der Waals surface area contributed by atoms with E-state index in [1.165, 1.54) is 18.3 Å². The number of amides is 1. The van der Waals surface area contributed by atoms with E-state index in [-0.39, 0.29) is 23.9 Å². The first-order valence-electron chi connectivity index (χ1n) is 8.09. The van der Waals surface area contributed by atoms with Crippen LogP contribution in [-0.4, -0.2) is 17.7 Å². The van der Waals surface area contributed by atoms with Crippen molar-refractivity contribution in [1.29, 1.82) is 0 Å². The van der Waals surface area contributed by atoms with Crippen LogP contribution in [0.25, 0.3) is 0 Å². The Morgan fingerprint density at radius 3 is 2.61 bits per heavy atom. The minimum absolute atomic E-state index is 0.0330. The number of hydrogen-bond donors (Lipinski definition) is 2. The summed E-state index contributed by atoms with van der Waals surface area (Å²) in [5.41, 5.74) is 0.509. The smallest absolute Gasteiger partial charge is 0.274 e. The highest BCUT2D eigenvalue weighted by Crippen LogP contribution is 2.34. The van der Waals surface area contributed by atoms with Crippen LogP contribution in [0.1, 0.15) is 10.5 Å². The second-order valence-electron chi connectivity index (χ2n) is 5.80. The normalized spacial score (nSPS) is 12.0. The fraction of sp³-hybridized carbons (Fsp3) is 0.0526. The van der Waals surface area contributed by atoms with E-state index >= 15 is 0 Å². The van der Waals surface area contributed by atoms with Gasteiger partial charge < -0.3 is 20.1 Å². The third-order valence-corrected chi connectivity index (χ3v) is 3.94. The second kappa shape index (κ2) is 7.10. The first-order chi connectivity index (χ1) is 13.5. The lowest BCUT2D eigenvalue weighted by molar-refractivity contribution is 0.102. The summed E-state index contributed by atoms with van der Waals surface area (Å²) in [5.74, 6) is -3.66. The molecule has 6 nitrogen and oxygen atoms in total. The number of rotatable bonds is 4. The van der Waals surface area contributed by atoms with E-state index in [4.69, 9.17) is 9.47 Å². The molecule has 142 valence electrons. The molecule has 0 fully saturated rings. The molecule has 1 aliphatic rings. The molecule has 0 saturated heterocycles. The van der Waals surface area contributed by atoms with Crippen molar-refractivity contribution in [2.24, 2.45) is 0 Å². The number of anilines is 3. The Hall–Kier alpha value is -3.75. The number of pyridine rings is 1. The minimum atomic E-state index is -1.58. The number of hydrogen-bond acceptors (Lipinski definition) is 5. The lowest BCUT2D eigenvalue weighted by atomic mass is 10.2. The Labute approximate surface area is 156 Å². The highest BCUT2D eigenvalue weighted by atomic mass is 19.2. The summed E-state index contributed by atoms with van der Waals surface area (Å²) >= 11 is 0. The zero-order chi connectivity index (χ0) is 19.7. The van der Waals surface area contributed by atoms with E-state index < -0.39 is 23.4 Å². The van der Waals surface area contributed by atoms with Crippen LogP contribution in [0.2, 0.25) is 0 Å². The van der Waals surface area contributed by atoms with Gasteiger partial charge in [0.05, 0.1) is 5.69 Å². The monoisotopic (exact) mass is 387 g/mol. The molecule has 2 heterocycles. The van der Waals surface area contributed by atoms with Crippen molar-refractivity contribution >= 4 is 23.0 Å². The standard InChI is InChI=1S/C19H12F3N3O3/c20-12-2-3-13(18(22)17(12)21)24-11-5-6-23-14(7-11)19(26)25-10-1-4-15-16(8-10)28-9-27-15/h1-8H,9H2,(H,23,24)(H,25,26). The Bertz CT molecular complexity index is 1080. The predicted molar refractivity (Wildman–Crippen MR) is 94.4 cm³/mol. The van der Waals surface area contributed by atoms with Gasteiger partial charge in [0, 0.05) is 23.6 Å². The van der Waals surface area contributed by atoms with E-state index in [9.17, 15) is 18.0 Å². The van der Waals surface area contributed by atoms with Gasteiger partial charge in [0.25, 0.3) is 5.91 Å². The zero-order valence-corrected chi connectivity index (χ0v) is 14.1. The Kier molecular flexibility index (Phi) is 4.48. The Balaban J connectivity index is 1.52. The largest absolute Gasteiger partial charge is 0.454 e. The third kappa shape index (κ3) is 3.41. The molecule has 0 radical (unpaired) electrons. The van der Waals surface area contributed by atoms with Gasteiger partial charge in [-0.1, -0.05) is 0 Å². The number of carbonyl (C=O) groups is 1. The summed E-state index contributed by atoms with van der Waals surface area (Å²) in [7, 11) is 0. The Morgan fingerprint density at radius 1 is 0.929 bits per heavy atom. The highest BCUT2D eigenvalue weighted by molar-refractivity contribution is 6.03. The van der Waals surface area contributed by atoms with Crippen LogP contribution in [0.4, 0.5) is 30.2 Å². The molecule has 0 aliphatic carbocycles. The van der Waals surface area contributed by atoms with Crippen LogP contribution in [0.3, 0.4) is 0 Å². The van der Waals surface area contributed by atoms with Gasteiger partial charge in [-0.15, -0.1) is 0 Å². The molecule has 2 N–H and O–H groups in total. The molecule has 28 heavy (non-hydrogen) atoms. The molecule has 4 rings (SSSR count). The summed E-state index contributed by atoms with van der Waals surface area (Å²) < 4.78 is 50.7. The summed E-state index contributed by atoms with van der Waals surface area (Å²) in [6.45, 7) is 0.114. The number of ether oxygens (including phenoxy) is 2. The van der Waals surface area contributed by atoms with E-state index in [0.717, 1.165) is 12.1 Å². The molecule has 2 aromatic carbocycles. The maximum Gasteiger partial charge on any atom is 0.274 e. The number of benzene rings is 2. The lowest BCUT2D eigenvalue weighted by Gasteiger charge is -2.10. The van der Waals surface area contributed by atoms with Crippen LogP contribution in [0.5, 0.6) is 11.5 Å². The van der Waals surface area contributed by atoms with Crippen molar-refractivity contribution in [3.63, 3.8) is 0 Å². The fourth-order valence-corrected chi connectivity index (χ4v) is 2.58. The SMILES string of the molecule is O=C(Nc1ccc2c(c1)OCO2)c1cc(Nc2ccc(F)c(F)c2F)ccn1. The molecule has 9 heteroatoms. The summed E-state index contributed by atoms with van der Waals surface area (Å²) in [6, 6.07) is 9.58. The number of carbonyl (C=O) groups excluding carboxylic acids is 1. The first kappa shape index (κ1) is 17.7. The van der Waals surface area contributed by atoms with Gasteiger partial charge in [0.1, 0.15) is 5.69 Å². The van der Waals surface area contributed by atoms with Gasteiger partial charge in [-0.25, -0.2) is 13.2 Å². The molecule has 1 amide bonds. The predicted octanol–water partition coefficient (Wildman–Crippen LogP) is 4.22.